The summed E-state index contributed by atoms with van der Waals surface area (Å²) in [7, 11) is 0. The first kappa shape index (κ1) is 14.9. The second-order valence-electron chi connectivity index (χ2n) is 5.08. The molecule has 0 atom stereocenters. The number of hydrogen-bond acceptors (Lipinski definition) is 4. The summed E-state index contributed by atoms with van der Waals surface area (Å²) in [5.41, 5.74) is -1.82. The molecule has 1 aliphatic rings. The second-order valence-corrected chi connectivity index (χ2v) is 5.08. The Bertz CT molecular complexity index is 613. The summed E-state index contributed by atoms with van der Waals surface area (Å²) >= 11 is 0. The van der Waals surface area contributed by atoms with Gasteiger partial charge in [-0.05, 0) is 31.4 Å². The molecule has 112 valence electrons. The number of carbonyl (C=O) groups excluding carboxylic acids is 1. The molecule has 7 nitrogen and oxygen atoms in total. The van der Waals surface area contributed by atoms with Crippen molar-refractivity contribution in [2.75, 3.05) is 0 Å². The Hall–Kier alpha value is -2.51. The van der Waals surface area contributed by atoms with E-state index in [-0.39, 0.29) is 6.42 Å². The molecule has 0 aliphatic heterocycles. The highest BCUT2D eigenvalue weighted by Crippen LogP contribution is 2.35. The van der Waals surface area contributed by atoms with Crippen molar-refractivity contribution in [3.05, 3.63) is 39.7 Å². The first-order valence-electron chi connectivity index (χ1n) is 6.31. The van der Waals surface area contributed by atoms with E-state index >= 15 is 0 Å². The fourth-order valence-corrected chi connectivity index (χ4v) is 2.40. The number of amides is 1. The van der Waals surface area contributed by atoms with Crippen LogP contribution in [0.1, 0.15) is 36.0 Å². The number of carboxylic acid groups (broad SMARTS) is 1. The number of rotatable bonds is 5. The summed E-state index contributed by atoms with van der Waals surface area (Å²) in [4.78, 5) is 33.1. The van der Waals surface area contributed by atoms with Crippen LogP contribution in [-0.4, -0.2) is 27.4 Å². The van der Waals surface area contributed by atoms with Crippen LogP contribution in [0.25, 0.3) is 0 Å². The molecular weight excluding hydrogens is 283 g/mol. The SMILES string of the molecule is O=C(O)CC1(NC(=O)c2cc(F)ccc2[N+](=O)[O-])CCC1. The summed E-state index contributed by atoms with van der Waals surface area (Å²) in [5.74, 6) is -2.67. The first-order chi connectivity index (χ1) is 9.83. The molecule has 0 heterocycles. The molecule has 0 aromatic heterocycles. The largest absolute Gasteiger partial charge is 0.481 e. The van der Waals surface area contributed by atoms with E-state index < -0.39 is 39.4 Å². The Morgan fingerprint density at radius 1 is 1.43 bits per heavy atom. The zero-order valence-corrected chi connectivity index (χ0v) is 11.0. The number of aliphatic carboxylic acids is 1. The van der Waals surface area contributed by atoms with E-state index in [1.165, 1.54) is 0 Å². The Morgan fingerprint density at radius 2 is 2.10 bits per heavy atom. The lowest BCUT2D eigenvalue weighted by molar-refractivity contribution is -0.385. The van der Waals surface area contributed by atoms with Gasteiger partial charge in [0, 0.05) is 6.07 Å². The Labute approximate surface area is 118 Å². The van der Waals surface area contributed by atoms with E-state index in [1.807, 2.05) is 0 Å². The van der Waals surface area contributed by atoms with Crippen LogP contribution in [-0.2, 0) is 4.79 Å². The molecule has 2 rings (SSSR count). The number of nitro benzene ring substituents is 1. The third-order valence-electron chi connectivity index (χ3n) is 3.58. The van der Waals surface area contributed by atoms with E-state index in [4.69, 9.17) is 5.11 Å². The van der Waals surface area contributed by atoms with Gasteiger partial charge >= 0.3 is 5.97 Å². The average Bonchev–Trinajstić information content (AvgIpc) is 2.34. The molecule has 0 bridgehead atoms. The van der Waals surface area contributed by atoms with Gasteiger partial charge in [0.25, 0.3) is 11.6 Å². The van der Waals surface area contributed by atoms with E-state index in [9.17, 15) is 24.1 Å². The predicted octanol–water partition coefficient (Wildman–Crippen LogP) is 1.86. The summed E-state index contributed by atoms with van der Waals surface area (Å²) in [6, 6.07) is 2.58. The standard InChI is InChI=1S/C13H13FN2O5/c14-8-2-3-10(16(20)21)9(6-8)12(19)15-13(4-1-5-13)7-11(17)18/h2-3,6H,1,4-5,7H2,(H,15,19)(H,17,18). The Morgan fingerprint density at radius 3 is 2.57 bits per heavy atom. The number of benzene rings is 1. The van der Waals surface area contributed by atoms with Gasteiger partial charge in [0.1, 0.15) is 11.4 Å². The highest BCUT2D eigenvalue weighted by atomic mass is 19.1. The fraction of sp³-hybridized carbons (Fsp3) is 0.385. The van der Waals surface area contributed by atoms with Gasteiger partial charge in [-0.2, -0.15) is 0 Å². The van der Waals surface area contributed by atoms with Gasteiger partial charge in [0.2, 0.25) is 0 Å². The van der Waals surface area contributed by atoms with E-state index in [0.717, 1.165) is 24.6 Å². The Balaban J connectivity index is 2.26. The average molecular weight is 296 g/mol. The molecule has 1 fully saturated rings. The quantitative estimate of drug-likeness (QED) is 0.636. The molecule has 8 heteroatoms. The van der Waals surface area contributed by atoms with Gasteiger partial charge in [0.15, 0.2) is 0 Å². The molecule has 1 saturated carbocycles. The van der Waals surface area contributed by atoms with Crippen molar-refractivity contribution in [2.45, 2.75) is 31.2 Å². The molecule has 0 unspecified atom stereocenters. The molecule has 1 aliphatic carbocycles. The van der Waals surface area contributed by atoms with Crippen LogP contribution < -0.4 is 5.32 Å². The topological polar surface area (TPSA) is 110 Å². The van der Waals surface area contributed by atoms with Crippen molar-refractivity contribution in [3.63, 3.8) is 0 Å². The molecule has 0 spiro atoms. The zero-order chi connectivity index (χ0) is 15.6. The number of hydrogen-bond donors (Lipinski definition) is 2. The minimum Gasteiger partial charge on any atom is -0.481 e. The Kier molecular flexibility index (Phi) is 3.88. The highest BCUT2D eigenvalue weighted by Gasteiger charge is 2.41. The maximum absolute atomic E-state index is 13.2. The lowest BCUT2D eigenvalue weighted by Crippen LogP contribution is -2.54. The summed E-state index contributed by atoms with van der Waals surface area (Å²) in [6.07, 6.45) is 1.46. The van der Waals surface area contributed by atoms with Crippen LogP contribution in [0.5, 0.6) is 0 Å². The summed E-state index contributed by atoms with van der Waals surface area (Å²) < 4.78 is 13.2. The van der Waals surface area contributed by atoms with Gasteiger partial charge in [-0.3, -0.25) is 19.7 Å². The zero-order valence-electron chi connectivity index (χ0n) is 11.0. The lowest BCUT2D eigenvalue weighted by Gasteiger charge is -2.41. The summed E-state index contributed by atoms with van der Waals surface area (Å²) in [6.45, 7) is 0. The number of nitrogens with zero attached hydrogens (tertiary/aromatic N) is 1. The lowest BCUT2D eigenvalue weighted by atomic mass is 9.74. The minimum absolute atomic E-state index is 0.262. The summed E-state index contributed by atoms with van der Waals surface area (Å²) in [5, 5.41) is 22.2. The van der Waals surface area contributed by atoms with E-state index in [1.54, 1.807) is 0 Å². The minimum atomic E-state index is -1.07. The number of nitrogens with one attached hydrogen (secondary N) is 1. The van der Waals surface area contributed by atoms with Gasteiger partial charge in [-0.1, -0.05) is 0 Å². The molecular formula is C13H13FN2O5. The van der Waals surface area contributed by atoms with E-state index in [0.29, 0.717) is 12.8 Å². The monoisotopic (exact) mass is 296 g/mol. The van der Waals surface area contributed by atoms with Crippen molar-refractivity contribution in [2.24, 2.45) is 0 Å². The van der Waals surface area contributed by atoms with Gasteiger partial charge in [0.05, 0.1) is 16.9 Å². The normalized spacial score (nSPS) is 15.9. The molecule has 1 aromatic rings. The number of carboxylic acids is 1. The number of carbonyl (C=O) groups is 2. The molecule has 1 amide bonds. The third kappa shape index (κ3) is 3.15. The van der Waals surface area contributed by atoms with E-state index in [2.05, 4.69) is 5.32 Å². The smallest absolute Gasteiger partial charge is 0.305 e. The maximum Gasteiger partial charge on any atom is 0.305 e. The first-order valence-corrected chi connectivity index (χ1v) is 6.31. The molecule has 1 aromatic carbocycles. The molecule has 2 N–H and O–H groups in total. The van der Waals surface area contributed by atoms with Crippen molar-refractivity contribution in [1.82, 2.24) is 5.32 Å². The molecule has 21 heavy (non-hydrogen) atoms. The van der Waals surface area contributed by atoms with Gasteiger partial charge in [-0.15, -0.1) is 0 Å². The van der Waals surface area contributed by atoms with Crippen LogP contribution in [0.3, 0.4) is 0 Å². The maximum atomic E-state index is 13.2. The van der Waals surface area contributed by atoms with Crippen LogP contribution in [0.15, 0.2) is 18.2 Å². The van der Waals surface area contributed by atoms with Gasteiger partial charge < -0.3 is 10.4 Å². The van der Waals surface area contributed by atoms with Crippen LogP contribution >= 0.6 is 0 Å². The predicted molar refractivity (Wildman–Crippen MR) is 69.4 cm³/mol. The van der Waals surface area contributed by atoms with Gasteiger partial charge in [-0.25, -0.2) is 4.39 Å². The fourth-order valence-electron chi connectivity index (χ4n) is 2.40. The van der Waals surface area contributed by atoms with Crippen molar-refractivity contribution in [3.8, 4) is 0 Å². The highest BCUT2D eigenvalue weighted by molar-refractivity contribution is 5.98. The second kappa shape index (κ2) is 5.47. The molecule has 0 saturated heterocycles. The number of nitro groups is 1. The van der Waals surface area contributed by atoms with Crippen LogP contribution in [0, 0.1) is 15.9 Å². The molecule has 0 radical (unpaired) electrons. The van der Waals surface area contributed by atoms with Crippen molar-refractivity contribution < 1.29 is 24.0 Å². The van der Waals surface area contributed by atoms with Crippen LogP contribution in [0.4, 0.5) is 10.1 Å². The third-order valence-corrected chi connectivity index (χ3v) is 3.58. The number of halogens is 1. The van der Waals surface area contributed by atoms with Crippen molar-refractivity contribution in [1.29, 1.82) is 0 Å². The van der Waals surface area contributed by atoms with Crippen LogP contribution in [0.2, 0.25) is 0 Å². The van der Waals surface area contributed by atoms with Crippen molar-refractivity contribution >= 4 is 17.6 Å².